The zero-order chi connectivity index (χ0) is 11.7. The number of rotatable bonds is 1. The molecule has 0 saturated carbocycles. The van der Waals surface area contributed by atoms with Gasteiger partial charge in [-0.25, -0.2) is 4.98 Å². The Hall–Kier alpha value is -0.960. The van der Waals surface area contributed by atoms with E-state index in [4.69, 9.17) is 40.5 Å². The summed E-state index contributed by atoms with van der Waals surface area (Å²) in [7, 11) is 0. The molecule has 0 bridgehead atoms. The van der Waals surface area contributed by atoms with E-state index in [1.807, 2.05) is 6.07 Å². The number of hydrogen-bond acceptors (Lipinski definition) is 2. The molecule has 2 aromatic rings. The molecule has 2 N–H and O–H groups in total. The van der Waals surface area contributed by atoms with Gasteiger partial charge in [0.15, 0.2) is 0 Å². The van der Waals surface area contributed by atoms with Crippen LogP contribution in [0.25, 0.3) is 11.1 Å². The second kappa shape index (κ2) is 4.50. The lowest BCUT2D eigenvalue weighted by molar-refractivity contribution is 1.34. The van der Waals surface area contributed by atoms with Crippen molar-refractivity contribution < 1.29 is 0 Å². The zero-order valence-electron chi connectivity index (χ0n) is 8.05. The Balaban J connectivity index is 2.63. The van der Waals surface area contributed by atoms with E-state index < -0.39 is 0 Å². The van der Waals surface area contributed by atoms with Gasteiger partial charge in [-0.1, -0.05) is 46.9 Å². The summed E-state index contributed by atoms with van der Waals surface area (Å²) in [4.78, 5) is 3.96. The minimum absolute atomic E-state index is 0.330. The first kappa shape index (κ1) is 11.5. The van der Waals surface area contributed by atoms with Crippen LogP contribution in [0.1, 0.15) is 0 Å². The molecule has 1 aromatic carbocycles. The fourth-order valence-corrected chi connectivity index (χ4v) is 1.95. The summed E-state index contributed by atoms with van der Waals surface area (Å²) in [5.41, 5.74) is 7.24. The third-order valence-corrected chi connectivity index (χ3v) is 3.16. The molecule has 2 rings (SSSR count). The van der Waals surface area contributed by atoms with Gasteiger partial charge in [0.2, 0.25) is 0 Å². The minimum atomic E-state index is 0.330. The van der Waals surface area contributed by atoms with Gasteiger partial charge in [0.05, 0.1) is 10.0 Å². The molecule has 16 heavy (non-hydrogen) atoms. The van der Waals surface area contributed by atoms with Crippen molar-refractivity contribution >= 4 is 40.6 Å². The summed E-state index contributed by atoms with van der Waals surface area (Å²) in [6.07, 6.45) is 0. The van der Waals surface area contributed by atoms with Crippen LogP contribution in [0.5, 0.6) is 0 Å². The van der Waals surface area contributed by atoms with Gasteiger partial charge < -0.3 is 5.73 Å². The van der Waals surface area contributed by atoms with E-state index in [-0.39, 0.29) is 0 Å². The maximum Gasteiger partial charge on any atom is 0.133 e. The van der Waals surface area contributed by atoms with Crippen molar-refractivity contribution in [3.8, 4) is 11.1 Å². The van der Waals surface area contributed by atoms with Crippen LogP contribution in [0.2, 0.25) is 15.2 Å². The van der Waals surface area contributed by atoms with E-state index in [1.54, 1.807) is 24.3 Å². The fraction of sp³-hybridized carbons (Fsp3) is 0. The number of nitrogens with zero attached hydrogens (tertiary/aromatic N) is 1. The Morgan fingerprint density at radius 2 is 1.69 bits per heavy atom. The number of benzene rings is 1. The van der Waals surface area contributed by atoms with Crippen LogP contribution in [0.3, 0.4) is 0 Å². The largest absolute Gasteiger partial charge is 0.383 e. The van der Waals surface area contributed by atoms with E-state index in [9.17, 15) is 0 Å². The highest BCUT2D eigenvalue weighted by molar-refractivity contribution is 6.43. The van der Waals surface area contributed by atoms with Crippen LogP contribution < -0.4 is 5.73 Å². The maximum absolute atomic E-state index is 6.09. The molecular weight excluding hydrogens is 266 g/mol. The Morgan fingerprint density at radius 3 is 2.38 bits per heavy atom. The van der Waals surface area contributed by atoms with Gasteiger partial charge in [0, 0.05) is 11.1 Å². The van der Waals surface area contributed by atoms with Crippen LogP contribution in [0.4, 0.5) is 5.82 Å². The van der Waals surface area contributed by atoms with Gasteiger partial charge in [-0.2, -0.15) is 0 Å². The number of nitrogen functional groups attached to an aromatic ring is 1. The lowest BCUT2D eigenvalue weighted by Gasteiger charge is -2.08. The Bertz CT molecular complexity index is 541. The predicted octanol–water partition coefficient (Wildman–Crippen LogP) is 4.29. The van der Waals surface area contributed by atoms with E-state index in [0.717, 1.165) is 11.1 Å². The summed E-state index contributed by atoms with van der Waals surface area (Å²) >= 11 is 17.7. The molecule has 0 aliphatic rings. The first-order valence-electron chi connectivity index (χ1n) is 4.46. The van der Waals surface area contributed by atoms with Gasteiger partial charge in [-0.05, 0) is 18.2 Å². The molecule has 2 nitrogen and oxygen atoms in total. The predicted molar refractivity (Wildman–Crippen MR) is 69.1 cm³/mol. The zero-order valence-corrected chi connectivity index (χ0v) is 10.3. The smallest absolute Gasteiger partial charge is 0.133 e. The van der Waals surface area contributed by atoms with Crippen LogP contribution in [-0.2, 0) is 0 Å². The van der Waals surface area contributed by atoms with Gasteiger partial charge in [0.25, 0.3) is 0 Å². The number of halogens is 3. The lowest BCUT2D eigenvalue weighted by atomic mass is 10.1. The highest BCUT2D eigenvalue weighted by atomic mass is 35.5. The van der Waals surface area contributed by atoms with Crippen LogP contribution in [-0.4, -0.2) is 4.98 Å². The number of hydrogen-bond donors (Lipinski definition) is 1. The molecule has 0 fully saturated rings. The average Bonchev–Trinajstić information content (AvgIpc) is 2.23. The van der Waals surface area contributed by atoms with Crippen LogP contribution in [0.15, 0.2) is 30.3 Å². The standard InChI is InChI=1S/C11H7Cl3N2/c12-8-3-1-2-6(10(8)14)7-4-5-9(13)16-11(7)15/h1-5H,(H2,15,16). The van der Waals surface area contributed by atoms with Crippen molar-refractivity contribution in [2.75, 3.05) is 5.73 Å². The Morgan fingerprint density at radius 1 is 0.938 bits per heavy atom. The average molecular weight is 274 g/mol. The van der Waals surface area contributed by atoms with Gasteiger partial charge in [-0.15, -0.1) is 0 Å². The Labute approximate surface area is 108 Å². The molecular formula is C11H7Cl3N2. The Kier molecular flexibility index (Phi) is 3.24. The van der Waals surface area contributed by atoms with Crippen molar-refractivity contribution in [3.63, 3.8) is 0 Å². The second-order valence-electron chi connectivity index (χ2n) is 3.17. The number of pyridine rings is 1. The highest BCUT2D eigenvalue weighted by Crippen LogP contribution is 2.35. The summed E-state index contributed by atoms with van der Waals surface area (Å²) in [5.74, 6) is 0.330. The third kappa shape index (κ3) is 2.09. The van der Waals surface area contributed by atoms with Crippen LogP contribution in [0, 0.1) is 0 Å². The first-order valence-corrected chi connectivity index (χ1v) is 5.59. The molecule has 0 aliphatic heterocycles. The molecule has 0 saturated heterocycles. The topological polar surface area (TPSA) is 38.9 Å². The molecule has 0 radical (unpaired) electrons. The van der Waals surface area contributed by atoms with E-state index in [2.05, 4.69) is 4.98 Å². The van der Waals surface area contributed by atoms with Crippen molar-refractivity contribution in [2.24, 2.45) is 0 Å². The molecule has 0 aliphatic carbocycles. The van der Waals surface area contributed by atoms with Crippen molar-refractivity contribution in [1.29, 1.82) is 0 Å². The first-order chi connectivity index (χ1) is 7.59. The van der Waals surface area contributed by atoms with E-state index >= 15 is 0 Å². The van der Waals surface area contributed by atoms with Crippen LogP contribution >= 0.6 is 34.8 Å². The molecule has 0 amide bonds. The van der Waals surface area contributed by atoms with E-state index in [0.29, 0.717) is 21.0 Å². The normalized spacial score (nSPS) is 10.4. The lowest BCUT2D eigenvalue weighted by Crippen LogP contribution is -1.94. The molecule has 1 aromatic heterocycles. The highest BCUT2D eigenvalue weighted by Gasteiger charge is 2.10. The van der Waals surface area contributed by atoms with Gasteiger partial charge in [-0.3, -0.25) is 0 Å². The summed E-state index contributed by atoms with van der Waals surface area (Å²) in [5, 5.41) is 1.29. The monoisotopic (exact) mass is 272 g/mol. The van der Waals surface area contributed by atoms with Crippen molar-refractivity contribution in [2.45, 2.75) is 0 Å². The molecule has 0 unspecified atom stereocenters. The molecule has 5 heteroatoms. The third-order valence-electron chi connectivity index (χ3n) is 2.13. The summed E-state index contributed by atoms with van der Waals surface area (Å²) < 4.78 is 0. The molecule has 0 spiro atoms. The SMILES string of the molecule is Nc1nc(Cl)ccc1-c1cccc(Cl)c1Cl. The second-order valence-corrected chi connectivity index (χ2v) is 4.34. The number of aromatic nitrogens is 1. The van der Waals surface area contributed by atoms with Gasteiger partial charge in [0.1, 0.15) is 11.0 Å². The van der Waals surface area contributed by atoms with E-state index in [1.165, 1.54) is 0 Å². The number of nitrogens with two attached hydrogens (primary N) is 1. The summed E-state index contributed by atoms with van der Waals surface area (Å²) in [6, 6.07) is 8.77. The van der Waals surface area contributed by atoms with Crippen molar-refractivity contribution in [1.82, 2.24) is 4.98 Å². The quantitative estimate of drug-likeness (QED) is 0.787. The van der Waals surface area contributed by atoms with Crippen molar-refractivity contribution in [3.05, 3.63) is 45.5 Å². The fourth-order valence-electron chi connectivity index (χ4n) is 1.39. The number of anilines is 1. The molecule has 0 atom stereocenters. The molecule has 1 heterocycles. The molecule has 82 valence electrons. The maximum atomic E-state index is 6.09. The van der Waals surface area contributed by atoms with Gasteiger partial charge >= 0.3 is 0 Å². The minimum Gasteiger partial charge on any atom is -0.383 e. The summed E-state index contributed by atoms with van der Waals surface area (Å²) in [6.45, 7) is 0.